The Labute approximate surface area is 146 Å². The van der Waals surface area contributed by atoms with Crippen molar-refractivity contribution >= 4 is 22.4 Å². The highest BCUT2D eigenvalue weighted by atomic mass is 32.1. The van der Waals surface area contributed by atoms with Gasteiger partial charge in [0.2, 0.25) is 5.91 Å². The number of benzene rings is 1. The highest BCUT2D eigenvalue weighted by Crippen LogP contribution is 2.53. The molecule has 0 unspecified atom stereocenters. The molecule has 0 radical (unpaired) electrons. The average Bonchev–Trinajstić information content (AvgIpc) is 3.20. The molecule has 1 N–H and O–H groups in total. The first kappa shape index (κ1) is 15.6. The normalized spacial score (nSPS) is 20.0. The number of nitrogens with one attached hydrogen (secondary N) is 1. The monoisotopic (exact) mass is 341 g/mol. The Kier molecular flexibility index (Phi) is 4.04. The van der Waals surface area contributed by atoms with Crippen LogP contribution in [-0.4, -0.2) is 34.9 Å². The zero-order chi connectivity index (χ0) is 16.6. The lowest BCUT2D eigenvalue weighted by Gasteiger charge is -2.33. The molecule has 1 aliphatic heterocycles. The van der Waals surface area contributed by atoms with E-state index < -0.39 is 0 Å². The number of carbonyl (C=O) groups is 1. The van der Waals surface area contributed by atoms with E-state index in [0.717, 1.165) is 28.7 Å². The molecule has 1 aromatic carbocycles. The van der Waals surface area contributed by atoms with Gasteiger partial charge in [0.1, 0.15) is 6.04 Å². The van der Waals surface area contributed by atoms with Crippen molar-refractivity contribution in [1.82, 2.24) is 9.88 Å². The zero-order valence-corrected chi connectivity index (χ0v) is 14.8. The van der Waals surface area contributed by atoms with Gasteiger partial charge in [0, 0.05) is 19.3 Å². The fraction of sp³-hybridized carbons (Fsp3) is 0.474. The highest BCUT2D eigenvalue weighted by Gasteiger charge is 2.45. The Morgan fingerprint density at radius 2 is 1.92 bits per heavy atom. The van der Waals surface area contributed by atoms with Crippen molar-refractivity contribution in [3.63, 3.8) is 0 Å². The van der Waals surface area contributed by atoms with Crippen LogP contribution in [0.1, 0.15) is 32.6 Å². The van der Waals surface area contributed by atoms with Crippen LogP contribution in [0.25, 0.3) is 10.4 Å². The number of aromatic nitrogens is 1. The van der Waals surface area contributed by atoms with Crippen molar-refractivity contribution in [2.45, 2.75) is 38.6 Å². The van der Waals surface area contributed by atoms with E-state index in [-0.39, 0.29) is 11.9 Å². The van der Waals surface area contributed by atoms with E-state index in [9.17, 15) is 4.79 Å². The number of likely N-dealkylation sites (tertiary alicyclic amines) is 1. The molecule has 2 aliphatic rings. The number of rotatable bonds is 4. The summed E-state index contributed by atoms with van der Waals surface area (Å²) in [4.78, 5) is 20.2. The van der Waals surface area contributed by atoms with Gasteiger partial charge in [-0.25, -0.2) is 4.98 Å². The van der Waals surface area contributed by atoms with Crippen LogP contribution in [0.15, 0.2) is 36.5 Å². The van der Waals surface area contributed by atoms with Gasteiger partial charge in [-0.05, 0) is 43.6 Å². The standard InChI is InChI=1S/C19H23N3OS/c1-14(17(23)22-11-9-19(7-8-19)10-12-22)21-18-20-13-16(24-18)15-5-3-2-4-6-15/h2-6,13-14H,7-12H2,1H3,(H,20,21)/t14-/m0/s1. The first-order chi connectivity index (χ1) is 11.7. The van der Waals surface area contributed by atoms with Crippen LogP contribution in [0.2, 0.25) is 0 Å². The van der Waals surface area contributed by atoms with Gasteiger partial charge in [0.15, 0.2) is 5.13 Å². The predicted octanol–water partition coefficient (Wildman–Crippen LogP) is 4.01. The van der Waals surface area contributed by atoms with E-state index in [1.165, 1.54) is 25.7 Å². The molecule has 2 heterocycles. The Balaban J connectivity index is 1.36. The Morgan fingerprint density at radius 3 is 2.58 bits per heavy atom. The molecule has 24 heavy (non-hydrogen) atoms. The largest absolute Gasteiger partial charge is 0.350 e. The second-order valence-corrected chi connectivity index (χ2v) is 8.12. The average molecular weight is 341 g/mol. The first-order valence-electron chi connectivity index (χ1n) is 8.72. The Bertz CT molecular complexity index is 713. The second-order valence-electron chi connectivity index (χ2n) is 7.09. The molecule has 1 saturated carbocycles. The van der Waals surface area contributed by atoms with Crippen molar-refractivity contribution in [2.75, 3.05) is 18.4 Å². The van der Waals surface area contributed by atoms with Crippen LogP contribution in [0, 0.1) is 5.41 Å². The van der Waals surface area contributed by atoms with E-state index in [1.54, 1.807) is 11.3 Å². The lowest BCUT2D eigenvalue weighted by molar-refractivity contribution is -0.133. The van der Waals surface area contributed by atoms with Crippen molar-refractivity contribution in [2.24, 2.45) is 5.41 Å². The smallest absolute Gasteiger partial charge is 0.244 e. The van der Waals surface area contributed by atoms with E-state index in [0.29, 0.717) is 5.41 Å². The number of piperidine rings is 1. The van der Waals surface area contributed by atoms with Crippen LogP contribution in [0.5, 0.6) is 0 Å². The van der Waals surface area contributed by atoms with Gasteiger partial charge in [0.05, 0.1) is 4.88 Å². The minimum atomic E-state index is -0.229. The first-order valence-corrected chi connectivity index (χ1v) is 9.54. The molecule has 5 heteroatoms. The van der Waals surface area contributed by atoms with Crippen LogP contribution in [-0.2, 0) is 4.79 Å². The quantitative estimate of drug-likeness (QED) is 0.914. The van der Waals surface area contributed by atoms with Crippen molar-refractivity contribution < 1.29 is 4.79 Å². The predicted molar refractivity (Wildman–Crippen MR) is 98.1 cm³/mol. The van der Waals surface area contributed by atoms with Gasteiger partial charge >= 0.3 is 0 Å². The minimum Gasteiger partial charge on any atom is -0.350 e. The lowest BCUT2D eigenvalue weighted by atomic mass is 9.93. The van der Waals surface area contributed by atoms with Gasteiger partial charge in [-0.2, -0.15) is 0 Å². The molecule has 4 nitrogen and oxygen atoms in total. The van der Waals surface area contributed by atoms with Crippen LogP contribution in [0.3, 0.4) is 0 Å². The van der Waals surface area contributed by atoms with E-state index >= 15 is 0 Å². The molecule has 1 amide bonds. The summed E-state index contributed by atoms with van der Waals surface area (Å²) in [6, 6.07) is 9.98. The molecule has 1 saturated heterocycles. The molecular weight excluding hydrogens is 318 g/mol. The summed E-state index contributed by atoms with van der Waals surface area (Å²) in [6.45, 7) is 3.77. The number of amides is 1. The third kappa shape index (κ3) is 3.18. The van der Waals surface area contributed by atoms with Gasteiger partial charge in [-0.15, -0.1) is 0 Å². The van der Waals surface area contributed by atoms with E-state index in [2.05, 4.69) is 22.4 Å². The molecule has 1 aromatic heterocycles. The van der Waals surface area contributed by atoms with Gasteiger partial charge < -0.3 is 10.2 Å². The number of anilines is 1. The van der Waals surface area contributed by atoms with Crippen LogP contribution >= 0.6 is 11.3 Å². The molecule has 2 fully saturated rings. The molecule has 4 rings (SSSR count). The maximum atomic E-state index is 12.7. The molecule has 2 aromatic rings. The molecule has 126 valence electrons. The molecule has 1 aliphatic carbocycles. The summed E-state index contributed by atoms with van der Waals surface area (Å²) in [5.74, 6) is 0.196. The van der Waals surface area contributed by atoms with Crippen molar-refractivity contribution in [3.05, 3.63) is 36.5 Å². The van der Waals surface area contributed by atoms with Gasteiger partial charge in [-0.3, -0.25) is 4.79 Å². The fourth-order valence-corrected chi connectivity index (χ4v) is 4.38. The maximum absolute atomic E-state index is 12.7. The Hall–Kier alpha value is -1.88. The molecule has 1 atom stereocenters. The number of hydrogen-bond donors (Lipinski definition) is 1. The van der Waals surface area contributed by atoms with Crippen molar-refractivity contribution in [3.8, 4) is 10.4 Å². The molecular formula is C19H23N3OS. The minimum absolute atomic E-state index is 0.196. The summed E-state index contributed by atoms with van der Waals surface area (Å²) in [5.41, 5.74) is 1.76. The van der Waals surface area contributed by atoms with E-state index in [1.807, 2.05) is 36.2 Å². The number of nitrogens with zero attached hydrogens (tertiary/aromatic N) is 2. The number of carbonyl (C=O) groups excluding carboxylic acids is 1. The third-order valence-electron chi connectivity index (χ3n) is 5.37. The van der Waals surface area contributed by atoms with E-state index in [4.69, 9.17) is 0 Å². The number of hydrogen-bond acceptors (Lipinski definition) is 4. The second kappa shape index (κ2) is 6.20. The summed E-state index contributed by atoms with van der Waals surface area (Å²) in [5, 5.41) is 4.09. The van der Waals surface area contributed by atoms with Crippen LogP contribution < -0.4 is 5.32 Å². The summed E-state index contributed by atoms with van der Waals surface area (Å²) < 4.78 is 0. The third-order valence-corrected chi connectivity index (χ3v) is 6.34. The summed E-state index contributed by atoms with van der Waals surface area (Å²) >= 11 is 1.60. The SMILES string of the molecule is C[C@H](Nc1ncc(-c2ccccc2)s1)C(=O)N1CCC2(CC1)CC2. The molecule has 0 bridgehead atoms. The zero-order valence-electron chi connectivity index (χ0n) is 14.0. The number of thiazole rings is 1. The van der Waals surface area contributed by atoms with Crippen LogP contribution in [0.4, 0.5) is 5.13 Å². The fourth-order valence-electron chi connectivity index (χ4n) is 3.48. The Morgan fingerprint density at radius 1 is 1.21 bits per heavy atom. The van der Waals surface area contributed by atoms with Gasteiger partial charge in [-0.1, -0.05) is 41.7 Å². The summed E-state index contributed by atoms with van der Waals surface area (Å²) in [7, 11) is 0. The van der Waals surface area contributed by atoms with Crippen molar-refractivity contribution in [1.29, 1.82) is 0 Å². The lowest BCUT2D eigenvalue weighted by Crippen LogP contribution is -2.45. The highest BCUT2D eigenvalue weighted by molar-refractivity contribution is 7.18. The molecule has 1 spiro atoms. The topological polar surface area (TPSA) is 45.2 Å². The summed E-state index contributed by atoms with van der Waals surface area (Å²) in [6.07, 6.45) is 6.97. The van der Waals surface area contributed by atoms with Gasteiger partial charge in [0.25, 0.3) is 0 Å². The maximum Gasteiger partial charge on any atom is 0.244 e.